The Morgan fingerprint density at radius 1 is 1.10 bits per heavy atom. The van der Waals surface area contributed by atoms with Crippen molar-refractivity contribution < 1.29 is 4.79 Å². The van der Waals surface area contributed by atoms with Gasteiger partial charge in [0.2, 0.25) is 0 Å². The van der Waals surface area contributed by atoms with Crippen LogP contribution in [0.3, 0.4) is 0 Å². The van der Waals surface area contributed by atoms with Gasteiger partial charge >= 0.3 is 0 Å². The van der Waals surface area contributed by atoms with Crippen LogP contribution in [0.1, 0.15) is 22.3 Å². The highest BCUT2D eigenvalue weighted by molar-refractivity contribution is 6.79. The molecule has 0 spiro atoms. The number of carbonyl (C=O) groups is 1. The molecule has 1 amide bonds. The molecule has 1 heterocycles. The lowest BCUT2D eigenvalue weighted by molar-refractivity contribution is 0.0662. The van der Waals surface area contributed by atoms with Gasteiger partial charge in [-0.15, -0.1) is 6.58 Å². The van der Waals surface area contributed by atoms with Gasteiger partial charge in [-0.2, -0.15) is 5.10 Å². The number of nitrogens with zero attached hydrogens (tertiary/aromatic N) is 2. The SMILES string of the molecule is C=CC[Si](C)(C)[C@@H]1C=C[C@@H]2[C@H]1CC(c1ccccc1)=NN2C(=O)c1ccccc1. The first-order chi connectivity index (χ1) is 14.0. The summed E-state index contributed by atoms with van der Waals surface area (Å²) in [5.41, 5.74) is 3.30. The third-order valence-electron chi connectivity index (χ3n) is 6.26. The first-order valence-electron chi connectivity index (χ1n) is 10.3. The second-order valence-corrected chi connectivity index (χ2v) is 13.7. The van der Waals surface area contributed by atoms with Crippen LogP contribution in [-0.4, -0.2) is 30.7 Å². The number of carbonyl (C=O) groups excluding carboxylic acids is 1. The van der Waals surface area contributed by atoms with Crippen LogP contribution in [0.5, 0.6) is 0 Å². The smallest absolute Gasteiger partial charge is 0.267 e. The quantitative estimate of drug-likeness (QED) is 0.464. The zero-order valence-electron chi connectivity index (χ0n) is 17.2. The molecule has 3 atom stereocenters. The van der Waals surface area contributed by atoms with Gasteiger partial charge in [-0.3, -0.25) is 4.79 Å². The summed E-state index contributed by atoms with van der Waals surface area (Å²) in [5.74, 6) is 0.346. The maximum absolute atomic E-state index is 13.4. The van der Waals surface area contributed by atoms with Crippen molar-refractivity contribution in [3.63, 3.8) is 0 Å². The highest BCUT2D eigenvalue weighted by atomic mass is 28.3. The van der Waals surface area contributed by atoms with E-state index in [0.29, 0.717) is 17.0 Å². The van der Waals surface area contributed by atoms with Crippen LogP contribution in [0.2, 0.25) is 24.7 Å². The molecule has 0 unspecified atom stereocenters. The molecule has 0 radical (unpaired) electrons. The van der Waals surface area contributed by atoms with Gasteiger partial charge in [-0.05, 0) is 41.6 Å². The number of hydrogen-bond donors (Lipinski definition) is 0. The highest BCUT2D eigenvalue weighted by Crippen LogP contribution is 2.46. The molecule has 0 fully saturated rings. The van der Waals surface area contributed by atoms with Crippen LogP contribution in [-0.2, 0) is 0 Å². The van der Waals surface area contributed by atoms with Crippen molar-refractivity contribution in [2.75, 3.05) is 0 Å². The molecule has 0 aromatic heterocycles. The molecule has 3 nitrogen and oxygen atoms in total. The molecular formula is C25H28N2OSi. The number of allylic oxidation sites excluding steroid dienone is 2. The third-order valence-corrected chi connectivity index (χ3v) is 10.0. The van der Waals surface area contributed by atoms with E-state index in [1.165, 1.54) is 0 Å². The Labute approximate surface area is 174 Å². The number of hydrogen-bond acceptors (Lipinski definition) is 2. The summed E-state index contributed by atoms with van der Waals surface area (Å²) < 4.78 is 0. The largest absolute Gasteiger partial charge is 0.274 e. The monoisotopic (exact) mass is 400 g/mol. The predicted octanol–water partition coefficient (Wildman–Crippen LogP) is 5.76. The van der Waals surface area contributed by atoms with Gasteiger partial charge in [-0.25, -0.2) is 5.01 Å². The fourth-order valence-electron chi connectivity index (χ4n) is 4.75. The van der Waals surface area contributed by atoms with E-state index in [9.17, 15) is 4.79 Å². The number of rotatable bonds is 5. The van der Waals surface area contributed by atoms with Crippen molar-refractivity contribution in [2.45, 2.75) is 37.1 Å². The van der Waals surface area contributed by atoms with E-state index in [2.05, 4.69) is 50.0 Å². The lowest BCUT2D eigenvalue weighted by atomic mass is 9.90. The minimum Gasteiger partial charge on any atom is -0.267 e. The molecule has 148 valence electrons. The maximum atomic E-state index is 13.4. The summed E-state index contributed by atoms with van der Waals surface area (Å²) in [4.78, 5) is 13.4. The molecule has 0 bridgehead atoms. The molecule has 1 aliphatic carbocycles. The van der Waals surface area contributed by atoms with Gasteiger partial charge in [0.1, 0.15) is 0 Å². The Bertz CT molecular complexity index is 949. The van der Waals surface area contributed by atoms with Crippen molar-refractivity contribution in [3.8, 4) is 0 Å². The second kappa shape index (κ2) is 7.95. The molecule has 0 saturated carbocycles. The van der Waals surface area contributed by atoms with E-state index < -0.39 is 8.07 Å². The number of fused-ring (bicyclic) bond motifs is 1. The van der Waals surface area contributed by atoms with Crippen molar-refractivity contribution in [2.24, 2.45) is 11.0 Å². The minimum absolute atomic E-state index is 0.0248. The Balaban J connectivity index is 1.74. The summed E-state index contributed by atoms with van der Waals surface area (Å²) in [6.07, 6.45) is 7.55. The average Bonchev–Trinajstić information content (AvgIpc) is 3.19. The normalized spacial score (nSPS) is 23.4. The summed E-state index contributed by atoms with van der Waals surface area (Å²) in [6.45, 7) is 8.86. The van der Waals surface area contributed by atoms with E-state index in [4.69, 9.17) is 5.10 Å². The third kappa shape index (κ3) is 3.77. The zero-order chi connectivity index (χ0) is 20.4. The lowest BCUT2D eigenvalue weighted by Gasteiger charge is -2.40. The first-order valence-corrected chi connectivity index (χ1v) is 13.6. The van der Waals surface area contributed by atoms with Crippen molar-refractivity contribution in [1.29, 1.82) is 0 Å². The molecule has 2 aliphatic rings. The van der Waals surface area contributed by atoms with Crippen LogP contribution >= 0.6 is 0 Å². The van der Waals surface area contributed by atoms with Crippen molar-refractivity contribution in [3.05, 3.63) is 96.6 Å². The lowest BCUT2D eigenvalue weighted by Crippen LogP contribution is -2.47. The van der Waals surface area contributed by atoms with Gasteiger partial charge in [0, 0.05) is 5.56 Å². The van der Waals surface area contributed by atoms with Crippen LogP contribution in [0.25, 0.3) is 0 Å². The van der Waals surface area contributed by atoms with Gasteiger partial charge in [0.25, 0.3) is 5.91 Å². The zero-order valence-corrected chi connectivity index (χ0v) is 18.2. The Morgan fingerprint density at radius 3 is 2.41 bits per heavy atom. The number of amides is 1. The fraction of sp³-hybridized carbons (Fsp3) is 0.280. The molecular weight excluding hydrogens is 372 g/mol. The van der Waals surface area contributed by atoms with Gasteiger partial charge in [0.05, 0.1) is 19.8 Å². The van der Waals surface area contributed by atoms with E-state index in [1.807, 2.05) is 48.5 Å². The molecule has 0 N–H and O–H groups in total. The van der Waals surface area contributed by atoms with Crippen molar-refractivity contribution in [1.82, 2.24) is 5.01 Å². The number of hydrazone groups is 1. The van der Waals surface area contributed by atoms with E-state index in [1.54, 1.807) is 5.01 Å². The molecule has 2 aromatic carbocycles. The first kappa shape index (κ1) is 19.6. The van der Waals surface area contributed by atoms with E-state index >= 15 is 0 Å². The molecule has 4 rings (SSSR count). The van der Waals surface area contributed by atoms with E-state index in [0.717, 1.165) is 23.7 Å². The summed E-state index contributed by atoms with van der Waals surface area (Å²) in [7, 11) is -1.55. The molecule has 0 saturated heterocycles. The molecule has 4 heteroatoms. The molecule has 29 heavy (non-hydrogen) atoms. The van der Waals surface area contributed by atoms with Crippen LogP contribution in [0.15, 0.2) is 90.6 Å². The Kier molecular flexibility index (Phi) is 5.37. The minimum atomic E-state index is -1.55. The maximum Gasteiger partial charge on any atom is 0.274 e. The van der Waals surface area contributed by atoms with Crippen LogP contribution in [0, 0.1) is 5.92 Å². The topological polar surface area (TPSA) is 32.7 Å². The predicted molar refractivity (Wildman–Crippen MR) is 123 cm³/mol. The Hall–Kier alpha value is -2.72. The highest BCUT2D eigenvalue weighted by Gasteiger charge is 2.47. The van der Waals surface area contributed by atoms with E-state index in [-0.39, 0.29) is 11.9 Å². The van der Waals surface area contributed by atoms with Crippen LogP contribution < -0.4 is 0 Å². The fourth-order valence-corrected chi connectivity index (χ4v) is 7.87. The summed E-state index contributed by atoms with van der Waals surface area (Å²) in [6, 6.07) is 20.9. The van der Waals surface area contributed by atoms with Crippen LogP contribution in [0.4, 0.5) is 0 Å². The summed E-state index contributed by atoms with van der Waals surface area (Å²) >= 11 is 0. The second-order valence-electron chi connectivity index (χ2n) is 8.68. The summed E-state index contributed by atoms with van der Waals surface area (Å²) in [5, 5.41) is 6.61. The van der Waals surface area contributed by atoms with Crippen molar-refractivity contribution >= 4 is 19.7 Å². The number of benzene rings is 2. The Morgan fingerprint density at radius 2 is 1.76 bits per heavy atom. The van der Waals surface area contributed by atoms with Gasteiger partial charge in [0.15, 0.2) is 0 Å². The standard InChI is InChI=1S/C25H28N2OSi/c1-4-17-29(2,3)24-16-15-23-21(24)18-22(19-11-7-5-8-12-19)26-27(23)25(28)20-13-9-6-10-14-20/h4-16,21,23-24H,1,17-18H2,2-3H3/t21-,23-,24-/m1/s1. The van der Waals surface area contributed by atoms with Gasteiger partial charge < -0.3 is 0 Å². The average molecular weight is 401 g/mol. The molecule has 2 aromatic rings. The molecule has 1 aliphatic heterocycles. The van der Waals surface area contributed by atoms with Gasteiger partial charge in [-0.1, -0.05) is 79.9 Å².